The third-order valence-corrected chi connectivity index (χ3v) is 5.84. The lowest BCUT2D eigenvalue weighted by Crippen LogP contribution is -2.26. The maximum atomic E-state index is 12.2. The van der Waals surface area contributed by atoms with Gasteiger partial charge in [-0.15, -0.1) is 0 Å². The van der Waals surface area contributed by atoms with Gasteiger partial charge in [0, 0.05) is 25.1 Å². The number of aryl methyl sites for hydroxylation is 3. The smallest absolute Gasteiger partial charge is 0.251 e. The highest BCUT2D eigenvalue weighted by atomic mass is 32.2. The first kappa shape index (κ1) is 21.6. The molecule has 148 valence electrons. The molecular formula is C21H25N3O3S. The Labute approximate surface area is 166 Å². The predicted molar refractivity (Wildman–Crippen MR) is 108 cm³/mol. The average Bonchev–Trinajstić information content (AvgIpc) is 2.66. The molecule has 0 aliphatic carbocycles. The molecule has 7 heteroatoms. The van der Waals surface area contributed by atoms with E-state index < -0.39 is 10.0 Å². The highest BCUT2D eigenvalue weighted by Gasteiger charge is 2.14. The average molecular weight is 400 g/mol. The molecule has 0 aromatic heterocycles. The standard InChI is InChI=1S/C21H25N3O3S/c1-16-6-7-18(17(2)15-16)5-3-13-23-21(25)19-8-10-20(11-9-19)28(26,27)24-14-4-12-22/h6-11,15,24H,3-5,13-14H2,1-2H3,(H,23,25). The summed E-state index contributed by atoms with van der Waals surface area (Å²) in [5.74, 6) is -0.234. The van der Waals surface area contributed by atoms with E-state index in [0.29, 0.717) is 12.1 Å². The Morgan fingerprint density at radius 2 is 1.79 bits per heavy atom. The summed E-state index contributed by atoms with van der Waals surface area (Å²) in [6.07, 6.45) is 1.81. The Morgan fingerprint density at radius 1 is 1.07 bits per heavy atom. The van der Waals surface area contributed by atoms with Crippen LogP contribution in [0, 0.1) is 25.2 Å². The van der Waals surface area contributed by atoms with Gasteiger partial charge in [0.15, 0.2) is 0 Å². The zero-order chi connectivity index (χ0) is 20.6. The fourth-order valence-corrected chi connectivity index (χ4v) is 3.85. The molecule has 2 rings (SSSR count). The molecule has 0 fully saturated rings. The van der Waals surface area contributed by atoms with E-state index in [9.17, 15) is 13.2 Å². The summed E-state index contributed by atoms with van der Waals surface area (Å²) in [6, 6.07) is 14.0. The zero-order valence-corrected chi connectivity index (χ0v) is 17.0. The van der Waals surface area contributed by atoms with Gasteiger partial charge in [0.25, 0.3) is 5.91 Å². The molecule has 0 bridgehead atoms. The Kier molecular flexibility index (Phi) is 7.73. The molecule has 2 aromatic carbocycles. The van der Waals surface area contributed by atoms with Gasteiger partial charge in [-0.2, -0.15) is 5.26 Å². The van der Waals surface area contributed by atoms with Crippen molar-refractivity contribution in [2.24, 2.45) is 0 Å². The predicted octanol–water partition coefficient (Wildman–Crippen LogP) is 2.86. The normalized spacial score (nSPS) is 11.0. The number of carbonyl (C=O) groups is 1. The van der Waals surface area contributed by atoms with E-state index in [1.165, 1.54) is 41.0 Å². The first-order valence-corrected chi connectivity index (χ1v) is 10.6. The van der Waals surface area contributed by atoms with Crippen LogP contribution in [0.3, 0.4) is 0 Å². The van der Waals surface area contributed by atoms with E-state index in [0.717, 1.165) is 12.8 Å². The number of rotatable bonds is 9. The number of nitrogens with zero attached hydrogens (tertiary/aromatic N) is 1. The lowest BCUT2D eigenvalue weighted by molar-refractivity contribution is 0.0953. The van der Waals surface area contributed by atoms with Crippen molar-refractivity contribution >= 4 is 15.9 Å². The van der Waals surface area contributed by atoms with Crippen molar-refractivity contribution in [3.05, 3.63) is 64.7 Å². The largest absolute Gasteiger partial charge is 0.352 e. The first-order valence-electron chi connectivity index (χ1n) is 9.14. The molecule has 0 saturated carbocycles. The quantitative estimate of drug-likeness (QED) is 0.633. The first-order chi connectivity index (χ1) is 13.3. The van der Waals surface area contributed by atoms with Crippen molar-refractivity contribution in [2.45, 2.75) is 38.0 Å². The van der Waals surface area contributed by atoms with Gasteiger partial charge >= 0.3 is 0 Å². The van der Waals surface area contributed by atoms with Gasteiger partial charge in [-0.3, -0.25) is 4.79 Å². The monoisotopic (exact) mass is 399 g/mol. The lowest BCUT2D eigenvalue weighted by atomic mass is 10.0. The van der Waals surface area contributed by atoms with E-state index in [2.05, 4.69) is 42.1 Å². The number of nitrogens with one attached hydrogen (secondary N) is 2. The van der Waals surface area contributed by atoms with E-state index in [1.807, 2.05) is 6.07 Å². The van der Waals surface area contributed by atoms with Gasteiger partial charge in [-0.05, 0) is 62.1 Å². The highest BCUT2D eigenvalue weighted by molar-refractivity contribution is 7.89. The molecule has 0 spiro atoms. The molecule has 0 atom stereocenters. The van der Waals surface area contributed by atoms with Crippen LogP contribution in [-0.2, 0) is 16.4 Å². The van der Waals surface area contributed by atoms with E-state index in [4.69, 9.17) is 5.26 Å². The van der Waals surface area contributed by atoms with Crippen LogP contribution in [0.15, 0.2) is 47.4 Å². The molecule has 0 aliphatic heterocycles. The van der Waals surface area contributed by atoms with Crippen LogP contribution in [0.2, 0.25) is 0 Å². The number of hydrogen-bond acceptors (Lipinski definition) is 4. The van der Waals surface area contributed by atoms with Crippen LogP contribution in [-0.4, -0.2) is 27.4 Å². The highest BCUT2D eigenvalue weighted by Crippen LogP contribution is 2.13. The number of hydrogen-bond donors (Lipinski definition) is 2. The summed E-state index contributed by atoms with van der Waals surface area (Å²) < 4.78 is 26.5. The Bertz CT molecular complexity index is 961. The fraction of sp³-hybridized carbons (Fsp3) is 0.333. The molecule has 0 unspecified atom stereocenters. The molecule has 2 N–H and O–H groups in total. The Balaban J connectivity index is 1.85. The second-order valence-corrected chi connectivity index (χ2v) is 8.39. The number of sulfonamides is 1. The van der Waals surface area contributed by atoms with Crippen molar-refractivity contribution < 1.29 is 13.2 Å². The van der Waals surface area contributed by atoms with Crippen LogP contribution in [0.25, 0.3) is 0 Å². The van der Waals surface area contributed by atoms with Crippen LogP contribution in [0.4, 0.5) is 0 Å². The van der Waals surface area contributed by atoms with Crippen LogP contribution >= 0.6 is 0 Å². The van der Waals surface area contributed by atoms with Crippen molar-refractivity contribution in [1.29, 1.82) is 5.26 Å². The number of nitriles is 1. The minimum absolute atomic E-state index is 0.0571. The molecule has 0 radical (unpaired) electrons. The van der Waals surface area contributed by atoms with E-state index in [1.54, 1.807) is 0 Å². The molecule has 28 heavy (non-hydrogen) atoms. The lowest BCUT2D eigenvalue weighted by Gasteiger charge is -2.09. The Hall–Kier alpha value is -2.69. The van der Waals surface area contributed by atoms with Gasteiger partial charge in [0.05, 0.1) is 11.0 Å². The SMILES string of the molecule is Cc1ccc(CCCNC(=O)c2ccc(S(=O)(=O)NCCC#N)cc2)c(C)c1. The number of benzene rings is 2. The Morgan fingerprint density at radius 3 is 2.43 bits per heavy atom. The molecule has 2 aromatic rings. The number of amides is 1. The van der Waals surface area contributed by atoms with Crippen molar-refractivity contribution in [3.8, 4) is 6.07 Å². The summed E-state index contributed by atoms with van der Waals surface area (Å²) in [4.78, 5) is 12.3. The molecular weight excluding hydrogens is 374 g/mol. The van der Waals surface area contributed by atoms with Crippen molar-refractivity contribution in [2.75, 3.05) is 13.1 Å². The van der Waals surface area contributed by atoms with Gasteiger partial charge in [0.1, 0.15) is 0 Å². The van der Waals surface area contributed by atoms with Gasteiger partial charge in [-0.25, -0.2) is 13.1 Å². The molecule has 1 amide bonds. The molecule has 0 heterocycles. The van der Waals surface area contributed by atoms with Crippen LogP contribution in [0.1, 0.15) is 39.9 Å². The zero-order valence-electron chi connectivity index (χ0n) is 16.2. The van der Waals surface area contributed by atoms with Gasteiger partial charge < -0.3 is 5.32 Å². The van der Waals surface area contributed by atoms with E-state index >= 15 is 0 Å². The summed E-state index contributed by atoms with van der Waals surface area (Å²) in [7, 11) is -3.67. The summed E-state index contributed by atoms with van der Waals surface area (Å²) in [5.41, 5.74) is 4.17. The minimum atomic E-state index is -3.67. The van der Waals surface area contributed by atoms with Crippen LogP contribution < -0.4 is 10.0 Å². The third-order valence-electron chi connectivity index (χ3n) is 4.36. The minimum Gasteiger partial charge on any atom is -0.352 e. The van der Waals surface area contributed by atoms with Gasteiger partial charge in [0.2, 0.25) is 10.0 Å². The summed E-state index contributed by atoms with van der Waals surface area (Å²) in [6.45, 7) is 4.76. The van der Waals surface area contributed by atoms with Crippen molar-refractivity contribution in [3.63, 3.8) is 0 Å². The number of carbonyl (C=O) groups excluding carboxylic acids is 1. The maximum Gasteiger partial charge on any atom is 0.251 e. The van der Waals surface area contributed by atoms with E-state index in [-0.39, 0.29) is 23.8 Å². The topological polar surface area (TPSA) is 99.1 Å². The second kappa shape index (κ2) is 10.0. The molecule has 0 aliphatic rings. The summed E-state index contributed by atoms with van der Waals surface area (Å²) in [5, 5.41) is 11.3. The molecule has 6 nitrogen and oxygen atoms in total. The second-order valence-electron chi connectivity index (χ2n) is 6.62. The van der Waals surface area contributed by atoms with Crippen LogP contribution in [0.5, 0.6) is 0 Å². The van der Waals surface area contributed by atoms with Crippen molar-refractivity contribution in [1.82, 2.24) is 10.0 Å². The summed E-state index contributed by atoms with van der Waals surface area (Å²) >= 11 is 0. The fourth-order valence-electron chi connectivity index (χ4n) is 2.82. The third kappa shape index (κ3) is 6.19. The van der Waals surface area contributed by atoms with Gasteiger partial charge in [-0.1, -0.05) is 23.8 Å². The maximum absolute atomic E-state index is 12.2. The molecule has 0 saturated heterocycles.